The zero-order valence-electron chi connectivity index (χ0n) is 31.5. The summed E-state index contributed by atoms with van der Waals surface area (Å²) in [6, 6.07) is 0. The summed E-state index contributed by atoms with van der Waals surface area (Å²) in [6.07, 6.45) is 48.9. The van der Waals surface area contributed by atoms with Gasteiger partial charge in [0.1, 0.15) is 6.61 Å². The number of carbonyl (C=O) groups excluding carboxylic acids is 2. The van der Waals surface area contributed by atoms with Crippen molar-refractivity contribution in [2.45, 2.75) is 200 Å². The third-order valence-corrected chi connectivity index (χ3v) is 8.63. The van der Waals surface area contributed by atoms with Gasteiger partial charge in [-0.15, -0.1) is 0 Å². The molecule has 0 bridgehead atoms. The molecule has 0 aromatic heterocycles. The fourth-order valence-electron chi connectivity index (χ4n) is 5.55. The van der Waals surface area contributed by atoms with Crippen LogP contribution in [0.3, 0.4) is 0 Å². The first-order valence-corrected chi connectivity index (χ1v) is 20.2. The lowest BCUT2D eigenvalue weighted by Gasteiger charge is -2.15. The van der Waals surface area contributed by atoms with Gasteiger partial charge in [0.25, 0.3) is 0 Å². The Morgan fingerprint density at radius 1 is 0.479 bits per heavy atom. The normalized spacial score (nSPS) is 12.6. The lowest BCUT2D eigenvalue weighted by molar-refractivity contribution is -0.161. The number of aliphatic hydroxyl groups excluding tert-OH is 1. The molecule has 0 fully saturated rings. The van der Waals surface area contributed by atoms with E-state index in [2.05, 4.69) is 62.5 Å². The minimum absolute atomic E-state index is 0.0928. The molecule has 0 saturated carbocycles. The molecule has 1 atom stereocenters. The summed E-state index contributed by atoms with van der Waals surface area (Å²) in [5.41, 5.74) is 0. The number of carbonyl (C=O) groups is 2. The predicted molar refractivity (Wildman–Crippen MR) is 205 cm³/mol. The van der Waals surface area contributed by atoms with Gasteiger partial charge in [0, 0.05) is 12.8 Å². The third-order valence-electron chi connectivity index (χ3n) is 8.63. The molecular weight excluding hydrogens is 596 g/mol. The van der Waals surface area contributed by atoms with Gasteiger partial charge in [0.2, 0.25) is 0 Å². The Labute approximate surface area is 297 Å². The lowest BCUT2D eigenvalue weighted by Crippen LogP contribution is -2.28. The lowest BCUT2D eigenvalue weighted by atomic mass is 10.0. The Morgan fingerprint density at radius 2 is 0.854 bits per heavy atom. The van der Waals surface area contributed by atoms with Crippen LogP contribution in [0.25, 0.3) is 0 Å². The molecule has 5 nitrogen and oxygen atoms in total. The molecule has 0 radical (unpaired) electrons. The molecule has 5 heteroatoms. The monoisotopic (exact) mass is 673 g/mol. The van der Waals surface area contributed by atoms with Crippen molar-refractivity contribution in [3.05, 3.63) is 48.6 Å². The summed E-state index contributed by atoms with van der Waals surface area (Å²) in [4.78, 5) is 24.2. The molecule has 0 aliphatic carbocycles. The Kier molecular flexibility index (Phi) is 37.5. The van der Waals surface area contributed by atoms with Crippen molar-refractivity contribution in [3.63, 3.8) is 0 Å². The molecular formula is C43H76O5. The third kappa shape index (κ3) is 36.7. The number of allylic oxidation sites excluding steroid dienone is 8. The number of rotatable bonds is 36. The zero-order chi connectivity index (χ0) is 35.0. The topological polar surface area (TPSA) is 72.8 Å². The number of ether oxygens (including phenoxy) is 2. The minimum atomic E-state index is -0.791. The van der Waals surface area contributed by atoms with Crippen molar-refractivity contribution in [2.24, 2.45) is 0 Å². The second-order valence-electron chi connectivity index (χ2n) is 13.4. The molecule has 0 aromatic carbocycles. The van der Waals surface area contributed by atoms with E-state index in [1.54, 1.807) is 0 Å². The van der Waals surface area contributed by atoms with Crippen LogP contribution in [0.1, 0.15) is 194 Å². The SMILES string of the molecule is CCCCCC=CCC=CCC=CCC=CCCCC(=O)OCC(CO)OC(=O)CCCCCCCCCCCCCCCCCCC. The van der Waals surface area contributed by atoms with Crippen molar-refractivity contribution in [3.8, 4) is 0 Å². The highest BCUT2D eigenvalue weighted by Gasteiger charge is 2.16. The molecule has 48 heavy (non-hydrogen) atoms. The first-order valence-electron chi connectivity index (χ1n) is 20.2. The summed E-state index contributed by atoms with van der Waals surface area (Å²) < 4.78 is 10.6. The van der Waals surface area contributed by atoms with E-state index in [4.69, 9.17) is 9.47 Å². The number of hydrogen-bond acceptors (Lipinski definition) is 5. The molecule has 0 rings (SSSR count). The molecule has 0 amide bonds. The molecule has 1 N–H and O–H groups in total. The van der Waals surface area contributed by atoms with Crippen LogP contribution < -0.4 is 0 Å². The molecule has 0 spiro atoms. The molecule has 0 saturated heterocycles. The first-order chi connectivity index (χ1) is 23.6. The summed E-state index contributed by atoms with van der Waals surface area (Å²) in [7, 11) is 0. The first kappa shape index (κ1) is 45.9. The van der Waals surface area contributed by atoms with E-state index in [0.29, 0.717) is 19.3 Å². The summed E-state index contributed by atoms with van der Waals surface area (Å²) >= 11 is 0. The van der Waals surface area contributed by atoms with Crippen LogP contribution in [0.2, 0.25) is 0 Å². The quantitative estimate of drug-likeness (QED) is 0.0407. The summed E-state index contributed by atoms with van der Waals surface area (Å²) in [6.45, 7) is 4.07. The van der Waals surface area contributed by atoms with E-state index < -0.39 is 6.10 Å². The molecule has 0 aliphatic heterocycles. The highest BCUT2D eigenvalue weighted by Crippen LogP contribution is 2.15. The zero-order valence-corrected chi connectivity index (χ0v) is 31.5. The van der Waals surface area contributed by atoms with Gasteiger partial charge in [-0.3, -0.25) is 9.59 Å². The highest BCUT2D eigenvalue weighted by atomic mass is 16.6. The van der Waals surface area contributed by atoms with Gasteiger partial charge < -0.3 is 14.6 Å². The van der Waals surface area contributed by atoms with E-state index in [1.807, 2.05) is 0 Å². The maximum atomic E-state index is 12.2. The van der Waals surface area contributed by atoms with Crippen molar-refractivity contribution in [1.82, 2.24) is 0 Å². The predicted octanol–water partition coefficient (Wildman–Crippen LogP) is 12.6. The Hall–Kier alpha value is -2.14. The molecule has 278 valence electrons. The van der Waals surface area contributed by atoms with Crippen LogP contribution in [-0.2, 0) is 19.1 Å². The second-order valence-corrected chi connectivity index (χ2v) is 13.4. The maximum absolute atomic E-state index is 12.2. The van der Waals surface area contributed by atoms with E-state index >= 15 is 0 Å². The number of esters is 2. The van der Waals surface area contributed by atoms with Crippen LogP contribution in [0, 0.1) is 0 Å². The van der Waals surface area contributed by atoms with E-state index in [0.717, 1.165) is 44.9 Å². The Balaban J connectivity index is 3.63. The maximum Gasteiger partial charge on any atom is 0.306 e. The van der Waals surface area contributed by atoms with Crippen molar-refractivity contribution < 1.29 is 24.2 Å². The van der Waals surface area contributed by atoms with Crippen molar-refractivity contribution in [2.75, 3.05) is 13.2 Å². The average Bonchev–Trinajstić information content (AvgIpc) is 3.09. The minimum Gasteiger partial charge on any atom is -0.462 e. The largest absolute Gasteiger partial charge is 0.462 e. The van der Waals surface area contributed by atoms with Crippen LogP contribution in [0.4, 0.5) is 0 Å². The molecule has 0 heterocycles. The number of hydrogen-bond donors (Lipinski definition) is 1. The Morgan fingerprint density at radius 3 is 1.31 bits per heavy atom. The van der Waals surface area contributed by atoms with E-state index in [9.17, 15) is 14.7 Å². The van der Waals surface area contributed by atoms with E-state index in [1.165, 1.54) is 116 Å². The van der Waals surface area contributed by atoms with Crippen molar-refractivity contribution >= 4 is 11.9 Å². The van der Waals surface area contributed by atoms with Crippen LogP contribution >= 0.6 is 0 Å². The second kappa shape index (κ2) is 39.3. The fraction of sp³-hybridized carbons (Fsp3) is 0.767. The van der Waals surface area contributed by atoms with Gasteiger partial charge in [-0.25, -0.2) is 0 Å². The average molecular weight is 673 g/mol. The number of aliphatic hydroxyl groups is 1. The van der Waals surface area contributed by atoms with Crippen molar-refractivity contribution in [1.29, 1.82) is 0 Å². The number of unbranched alkanes of at least 4 members (excludes halogenated alkanes) is 20. The van der Waals surface area contributed by atoms with Gasteiger partial charge in [-0.1, -0.05) is 178 Å². The summed E-state index contributed by atoms with van der Waals surface area (Å²) in [5, 5.41) is 9.55. The van der Waals surface area contributed by atoms with Crippen LogP contribution in [-0.4, -0.2) is 36.4 Å². The smallest absolute Gasteiger partial charge is 0.306 e. The van der Waals surface area contributed by atoms with Gasteiger partial charge in [0.05, 0.1) is 6.61 Å². The van der Waals surface area contributed by atoms with Gasteiger partial charge in [0.15, 0.2) is 6.10 Å². The van der Waals surface area contributed by atoms with Gasteiger partial charge in [-0.05, 0) is 51.4 Å². The molecule has 1 unspecified atom stereocenters. The Bertz CT molecular complexity index is 812. The highest BCUT2D eigenvalue weighted by molar-refractivity contribution is 5.70. The van der Waals surface area contributed by atoms with Gasteiger partial charge >= 0.3 is 11.9 Å². The van der Waals surface area contributed by atoms with E-state index in [-0.39, 0.29) is 25.2 Å². The van der Waals surface area contributed by atoms with Gasteiger partial charge in [-0.2, -0.15) is 0 Å². The fourth-order valence-corrected chi connectivity index (χ4v) is 5.55. The van der Waals surface area contributed by atoms with Crippen LogP contribution in [0.5, 0.6) is 0 Å². The summed E-state index contributed by atoms with van der Waals surface area (Å²) in [5.74, 6) is -0.653. The standard InChI is InChI=1S/C43H76O5/c1-3-5-7-9-11-13-15-17-19-21-23-25-27-29-31-33-35-37-42(45)47-40-41(39-44)48-43(46)38-36-34-32-30-28-26-24-22-20-18-16-14-12-10-8-6-4-2/h11,13,17,19,23,25,29,31,41,44H,3-10,12,14-16,18,20-22,24,26-28,30,32-40H2,1-2H3. The molecule has 0 aliphatic rings. The molecule has 0 aromatic rings. The van der Waals surface area contributed by atoms with Crippen LogP contribution in [0.15, 0.2) is 48.6 Å².